The average molecular weight is 529 g/mol. The van der Waals surface area contributed by atoms with E-state index in [1.54, 1.807) is 0 Å². The van der Waals surface area contributed by atoms with Gasteiger partial charge in [-0.3, -0.25) is 0 Å². The van der Waals surface area contributed by atoms with Crippen molar-refractivity contribution >= 4 is 10.1 Å². The number of halogens is 3. The zero-order chi connectivity index (χ0) is 27.1. The lowest BCUT2D eigenvalue weighted by Gasteiger charge is -2.37. The van der Waals surface area contributed by atoms with Crippen LogP contribution in [0.1, 0.15) is 112 Å². The van der Waals surface area contributed by atoms with E-state index >= 15 is 0 Å². The molecular weight excluding hydrogens is 485 g/mol. The van der Waals surface area contributed by atoms with Crippen molar-refractivity contribution in [3.63, 3.8) is 0 Å². The first-order valence-corrected chi connectivity index (χ1v) is 14.4. The minimum Gasteiger partial charge on any atom is -0.380 e. The first kappa shape index (κ1) is 30.5. The SMILES string of the molecule is CC(C)=CCC/C(C)=C/CC/C(C)=C/CCC1=C(OS(=O)(=O)C(F)(F)F)CCC2=C1CC(C)(C)CC2. The van der Waals surface area contributed by atoms with Crippen molar-refractivity contribution < 1.29 is 25.8 Å². The fourth-order valence-corrected chi connectivity index (χ4v) is 5.42. The highest BCUT2D eigenvalue weighted by Gasteiger charge is 2.49. The molecule has 0 radical (unpaired) electrons. The van der Waals surface area contributed by atoms with Crippen LogP contribution >= 0.6 is 0 Å². The van der Waals surface area contributed by atoms with Gasteiger partial charge in [0.05, 0.1) is 0 Å². The number of allylic oxidation sites excluding steroid dienone is 10. The van der Waals surface area contributed by atoms with Gasteiger partial charge in [0.2, 0.25) is 0 Å². The van der Waals surface area contributed by atoms with Crippen molar-refractivity contribution in [3.05, 3.63) is 57.4 Å². The summed E-state index contributed by atoms with van der Waals surface area (Å²) in [5, 5.41) is 0. The van der Waals surface area contributed by atoms with Gasteiger partial charge in [0.1, 0.15) is 5.76 Å². The summed E-state index contributed by atoms with van der Waals surface area (Å²) in [4.78, 5) is 0. The van der Waals surface area contributed by atoms with Gasteiger partial charge in [-0.15, -0.1) is 0 Å². The molecule has 0 spiro atoms. The second-order valence-electron chi connectivity index (χ2n) is 11.3. The molecule has 2 rings (SSSR count). The molecule has 3 nitrogen and oxygen atoms in total. The van der Waals surface area contributed by atoms with E-state index in [0.29, 0.717) is 24.8 Å². The Bertz CT molecular complexity index is 1050. The summed E-state index contributed by atoms with van der Waals surface area (Å²) in [6.45, 7) is 12.7. The number of hydrogen-bond acceptors (Lipinski definition) is 3. The zero-order valence-electron chi connectivity index (χ0n) is 22.8. The predicted molar refractivity (Wildman–Crippen MR) is 142 cm³/mol. The van der Waals surface area contributed by atoms with Crippen LogP contribution in [0.5, 0.6) is 0 Å². The summed E-state index contributed by atoms with van der Waals surface area (Å²) in [6, 6.07) is 0. The number of alkyl halides is 3. The molecule has 0 saturated heterocycles. The minimum atomic E-state index is -5.68. The van der Waals surface area contributed by atoms with Crippen molar-refractivity contribution in [2.75, 3.05) is 0 Å². The standard InChI is InChI=1S/C29H43F3O3S/c1-21(2)10-7-11-22(3)12-8-13-23(4)14-9-15-25-26-20-28(5,6)19-18-24(26)16-17-27(25)35-36(33,34)29(30,31)32/h10,12,14H,7-9,11,13,15-20H2,1-6H3/b22-12+,23-14+. The van der Waals surface area contributed by atoms with Crippen molar-refractivity contribution in [1.82, 2.24) is 0 Å². The molecule has 0 bridgehead atoms. The van der Waals surface area contributed by atoms with Gasteiger partial charge in [0.15, 0.2) is 0 Å². The van der Waals surface area contributed by atoms with Crippen molar-refractivity contribution in [2.24, 2.45) is 5.41 Å². The van der Waals surface area contributed by atoms with Crippen molar-refractivity contribution in [2.45, 2.75) is 118 Å². The first-order valence-electron chi connectivity index (χ1n) is 13.0. The van der Waals surface area contributed by atoms with E-state index in [1.807, 2.05) is 0 Å². The molecule has 7 heteroatoms. The van der Waals surface area contributed by atoms with Crippen molar-refractivity contribution in [1.29, 1.82) is 0 Å². The Balaban J connectivity index is 2.12. The molecule has 0 fully saturated rings. The molecule has 0 unspecified atom stereocenters. The zero-order valence-corrected chi connectivity index (χ0v) is 23.6. The molecule has 0 atom stereocenters. The van der Waals surface area contributed by atoms with E-state index in [0.717, 1.165) is 50.5 Å². The smallest absolute Gasteiger partial charge is 0.380 e. The van der Waals surface area contributed by atoms with Gasteiger partial charge in [-0.05, 0) is 108 Å². The molecule has 0 aromatic rings. The maximum Gasteiger partial charge on any atom is 0.534 e. The van der Waals surface area contributed by atoms with Crippen LogP contribution in [-0.4, -0.2) is 13.9 Å². The fourth-order valence-electron chi connectivity index (χ4n) is 4.88. The lowest BCUT2D eigenvalue weighted by atomic mass is 9.69. The highest BCUT2D eigenvalue weighted by atomic mass is 32.2. The molecule has 0 aliphatic heterocycles. The summed E-state index contributed by atoms with van der Waals surface area (Å²) < 4.78 is 67.4. The summed E-state index contributed by atoms with van der Waals surface area (Å²) in [6.07, 6.45) is 15.2. The van der Waals surface area contributed by atoms with Gasteiger partial charge in [-0.1, -0.05) is 54.4 Å². The number of rotatable bonds is 11. The molecule has 0 aromatic carbocycles. The monoisotopic (exact) mass is 528 g/mol. The van der Waals surface area contributed by atoms with Crippen molar-refractivity contribution in [3.8, 4) is 0 Å². The Morgan fingerprint density at radius 3 is 2.08 bits per heavy atom. The summed E-state index contributed by atoms with van der Waals surface area (Å²) in [5.41, 5.74) is 1.45. The lowest BCUT2D eigenvalue weighted by Crippen LogP contribution is -2.27. The van der Waals surface area contributed by atoms with E-state index in [1.165, 1.54) is 22.3 Å². The van der Waals surface area contributed by atoms with Gasteiger partial charge in [0, 0.05) is 6.42 Å². The average Bonchev–Trinajstić information content (AvgIpc) is 2.73. The molecule has 0 saturated carbocycles. The van der Waals surface area contributed by atoms with E-state index in [4.69, 9.17) is 4.18 Å². The largest absolute Gasteiger partial charge is 0.534 e. The van der Waals surface area contributed by atoms with Crippen LogP contribution in [0, 0.1) is 5.41 Å². The molecular formula is C29H43F3O3S. The quantitative estimate of drug-likeness (QED) is 0.152. The first-order chi connectivity index (χ1) is 16.6. The van der Waals surface area contributed by atoms with Crippen LogP contribution in [0.15, 0.2) is 57.4 Å². The second-order valence-corrected chi connectivity index (χ2v) is 12.8. The topological polar surface area (TPSA) is 43.4 Å². The Labute approximate surface area is 216 Å². The van der Waals surface area contributed by atoms with E-state index in [2.05, 4.69) is 59.8 Å². The maximum absolute atomic E-state index is 13.0. The van der Waals surface area contributed by atoms with Crippen LogP contribution < -0.4 is 0 Å². The Hall–Kier alpha value is -1.76. The van der Waals surface area contributed by atoms with Gasteiger partial charge in [0.25, 0.3) is 0 Å². The van der Waals surface area contributed by atoms with Gasteiger partial charge < -0.3 is 4.18 Å². The maximum atomic E-state index is 13.0. The lowest BCUT2D eigenvalue weighted by molar-refractivity contribution is -0.0524. The van der Waals surface area contributed by atoms with Crippen LogP contribution in [0.25, 0.3) is 0 Å². The van der Waals surface area contributed by atoms with Crippen LogP contribution in [0.2, 0.25) is 0 Å². The van der Waals surface area contributed by atoms with E-state index in [9.17, 15) is 21.6 Å². The Morgan fingerprint density at radius 2 is 1.50 bits per heavy atom. The highest BCUT2D eigenvalue weighted by Crippen LogP contribution is 2.48. The van der Waals surface area contributed by atoms with Crippen LogP contribution in [0.3, 0.4) is 0 Å². The Kier molecular flexibility index (Phi) is 10.7. The third kappa shape index (κ3) is 9.28. The second kappa shape index (κ2) is 12.7. The molecule has 2 aliphatic rings. The molecule has 0 aromatic heterocycles. The van der Waals surface area contributed by atoms with Crippen LogP contribution in [0.4, 0.5) is 13.2 Å². The normalized spacial score (nSPS) is 19.4. The molecule has 204 valence electrons. The van der Waals surface area contributed by atoms with E-state index in [-0.39, 0.29) is 17.6 Å². The van der Waals surface area contributed by atoms with Gasteiger partial charge >= 0.3 is 15.6 Å². The highest BCUT2D eigenvalue weighted by molar-refractivity contribution is 7.87. The molecule has 0 N–H and O–H groups in total. The molecule has 36 heavy (non-hydrogen) atoms. The molecule has 0 amide bonds. The minimum absolute atomic E-state index is 0.0234. The Morgan fingerprint density at radius 1 is 0.917 bits per heavy atom. The fraction of sp³-hybridized carbons (Fsp3) is 0.655. The molecule has 2 aliphatic carbocycles. The molecule has 0 heterocycles. The van der Waals surface area contributed by atoms with Gasteiger partial charge in [-0.25, -0.2) is 0 Å². The summed E-state index contributed by atoms with van der Waals surface area (Å²) in [5.74, 6) is -0.0234. The summed E-state index contributed by atoms with van der Waals surface area (Å²) in [7, 11) is -5.68. The predicted octanol–water partition coefficient (Wildman–Crippen LogP) is 9.61. The van der Waals surface area contributed by atoms with Gasteiger partial charge in [-0.2, -0.15) is 21.6 Å². The number of hydrogen-bond donors (Lipinski definition) is 0. The summed E-state index contributed by atoms with van der Waals surface area (Å²) >= 11 is 0. The third-order valence-electron chi connectivity index (χ3n) is 7.04. The van der Waals surface area contributed by atoms with Crippen LogP contribution in [-0.2, 0) is 14.3 Å². The third-order valence-corrected chi connectivity index (χ3v) is 8.03. The van der Waals surface area contributed by atoms with E-state index < -0.39 is 15.6 Å².